The third-order valence-corrected chi connectivity index (χ3v) is 5.11. The van der Waals surface area contributed by atoms with Crippen LogP contribution in [-0.4, -0.2) is 31.4 Å². The van der Waals surface area contributed by atoms with Crippen LogP contribution in [0.25, 0.3) is 0 Å². The number of unbranched alkanes of at least 4 members (excludes halogenated alkanes) is 1. The fraction of sp³-hybridized carbons (Fsp3) is 0.579. The van der Waals surface area contributed by atoms with E-state index in [2.05, 4.69) is 18.6 Å². The van der Waals surface area contributed by atoms with Gasteiger partial charge in [0.25, 0.3) is 0 Å². The number of ether oxygens (including phenoxy) is 2. The molecule has 0 saturated carbocycles. The summed E-state index contributed by atoms with van der Waals surface area (Å²) in [5, 5.41) is 0. The molecule has 1 aromatic carbocycles. The van der Waals surface area contributed by atoms with E-state index in [1.165, 1.54) is 25.3 Å². The Morgan fingerprint density at radius 3 is 2.64 bits per heavy atom. The number of thioether (sulfide) groups is 1. The molecule has 140 valence electrons. The number of hydrogen-bond donors (Lipinski definition) is 1. The van der Waals surface area contributed by atoms with Gasteiger partial charge in [-0.05, 0) is 30.5 Å². The van der Waals surface area contributed by atoms with Gasteiger partial charge in [-0.25, -0.2) is 4.79 Å². The van der Waals surface area contributed by atoms with E-state index in [4.69, 9.17) is 10.5 Å². The van der Waals surface area contributed by atoms with E-state index < -0.39 is 5.97 Å². The van der Waals surface area contributed by atoms with Gasteiger partial charge in [0, 0.05) is 16.3 Å². The molecule has 0 fully saturated rings. The minimum atomic E-state index is -0.416. The number of methoxy groups -OCH3 is 1. The van der Waals surface area contributed by atoms with Gasteiger partial charge < -0.3 is 15.2 Å². The minimum absolute atomic E-state index is 0.174. The molecule has 0 amide bonds. The first-order valence-electron chi connectivity index (χ1n) is 8.78. The molecule has 0 aromatic heterocycles. The first kappa shape index (κ1) is 21.4. The Balaban J connectivity index is 2.36. The Labute approximate surface area is 154 Å². The summed E-state index contributed by atoms with van der Waals surface area (Å²) in [6.45, 7) is 4.81. The van der Waals surface area contributed by atoms with E-state index >= 15 is 0 Å². The van der Waals surface area contributed by atoms with Crippen molar-refractivity contribution in [1.82, 2.24) is 0 Å². The molecule has 1 atom stereocenters. The summed E-state index contributed by atoms with van der Waals surface area (Å²) in [4.78, 5) is 24.2. The summed E-state index contributed by atoms with van der Waals surface area (Å²) in [6, 6.07) is 5.03. The molecule has 0 saturated heterocycles. The highest BCUT2D eigenvalue weighted by atomic mass is 32.2. The van der Waals surface area contributed by atoms with E-state index in [-0.39, 0.29) is 5.97 Å². The van der Waals surface area contributed by atoms with Crippen LogP contribution in [0.3, 0.4) is 0 Å². The fourth-order valence-electron chi connectivity index (χ4n) is 2.35. The van der Waals surface area contributed by atoms with E-state index in [0.717, 1.165) is 24.2 Å². The molecule has 1 unspecified atom stereocenters. The van der Waals surface area contributed by atoms with Crippen LogP contribution in [0, 0.1) is 5.92 Å². The van der Waals surface area contributed by atoms with Crippen molar-refractivity contribution in [2.45, 2.75) is 50.8 Å². The number of hydrogen-bond acceptors (Lipinski definition) is 6. The molecule has 1 rings (SSSR count). The van der Waals surface area contributed by atoms with Crippen molar-refractivity contribution in [3.05, 3.63) is 23.8 Å². The first-order chi connectivity index (χ1) is 12.0. The maximum absolute atomic E-state index is 11.9. The van der Waals surface area contributed by atoms with Gasteiger partial charge in [-0.2, -0.15) is 0 Å². The predicted octanol–water partition coefficient (Wildman–Crippen LogP) is 4.30. The van der Waals surface area contributed by atoms with Gasteiger partial charge in [-0.1, -0.05) is 33.1 Å². The highest BCUT2D eigenvalue weighted by molar-refractivity contribution is 7.99. The van der Waals surface area contributed by atoms with Gasteiger partial charge in [0.2, 0.25) is 0 Å². The lowest BCUT2D eigenvalue weighted by atomic mass is 10.0. The van der Waals surface area contributed by atoms with Crippen molar-refractivity contribution >= 4 is 29.4 Å². The molecule has 0 spiro atoms. The summed E-state index contributed by atoms with van der Waals surface area (Å²) in [5.74, 6) is 0.456. The maximum atomic E-state index is 11.9. The standard InChI is InChI=1S/C19H29NO4S/c1-4-6-7-14(5-2)13-24-18(21)10-11-25-17-9-8-15(12-16(17)20)19(22)23-3/h8-9,12,14H,4-7,10-11,13,20H2,1-3H3. The Bertz CT molecular complexity index is 562. The highest BCUT2D eigenvalue weighted by Crippen LogP contribution is 2.27. The van der Waals surface area contributed by atoms with E-state index in [9.17, 15) is 9.59 Å². The third-order valence-electron chi connectivity index (χ3n) is 4.02. The second-order valence-electron chi connectivity index (χ2n) is 5.94. The van der Waals surface area contributed by atoms with Gasteiger partial charge in [0.05, 0.1) is 25.7 Å². The van der Waals surface area contributed by atoms with E-state index in [1.54, 1.807) is 18.2 Å². The van der Waals surface area contributed by atoms with Crippen molar-refractivity contribution in [1.29, 1.82) is 0 Å². The lowest BCUT2D eigenvalue weighted by Gasteiger charge is -2.14. The molecule has 2 N–H and O–H groups in total. The number of carbonyl (C=O) groups is 2. The van der Waals surface area contributed by atoms with Gasteiger partial charge in [0.15, 0.2) is 0 Å². The largest absolute Gasteiger partial charge is 0.465 e. The zero-order valence-corrected chi connectivity index (χ0v) is 16.2. The highest BCUT2D eigenvalue weighted by Gasteiger charge is 2.12. The summed E-state index contributed by atoms with van der Waals surface area (Å²) in [6.07, 6.45) is 4.82. The molecular formula is C19H29NO4S. The van der Waals surface area contributed by atoms with Crippen molar-refractivity contribution in [2.24, 2.45) is 5.92 Å². The summed E-state index contributed by atoms with van der Waals surface area (Å²) >= 11 is 1.48. The van der Waals surface area contributed by atoms with Gasteiger partial charge in [-0.15, -0.1) is 11.8 Å². The van der Waals surface area contributed by atoms with Gasteiger partial charge in [-0.3, -0.25) is 4.79 Å². The van der Waals surface area contributed by atoms with Crippen molar-refractivity contribution < 1.29 is 19.1 Å². The molecule has 0 bridgehead atoms. The van der Waals surface area contributed by atoms with Crippen LogP contribution < -0.4 is 5.73 Å². The van der Waals surface area contributed by atoms with Crippen LogP contribution in [0.5, 0.6) is 0 Å². The summed E-state index contributed by atoms with van der Waals surface area (Å²) < 4.78 is 10.0. The quantitative estimate of drug-likeness (QED) is 0.357. The summed E-state index contributed by atoms with van der Waals surface area (Å²) in [5.41, 5.74) is 6.87. The van der Waals surface area contributed by atoms with Gasteiger partial charge in [0.1, 0.15) is 0 Å². The predicted molar refractivity (Wildman–Crippen MR) is 102 cm³/mol. The molecule has 0 aliphatic rings. The topological polar surface area (TPSA) is 78.6 Å². The SMILES string of the molecule is CCCCC(CC)COC(=O)CCSc1ccc(C(=O)OC)cc1N. The molecule has 0 heterocycles. The number of anilines is 1. The van der Waals surface area contributed by atoms with Crippen LogP contribution in [0.4, 0.5) is 5.69 Å². The molecule has 0 radical (unpaired) electrons. The van der Waals surface area contributed by atoms with Crippen LogP contribution in [0.1, 0.15) is 56.3 Å². The number of esters is 2. The average Bonchev–Trinajstić information content (AvgIpc) is 2.62. The Hall–Kier alpha value is -1.69. The van der Waals surface area contributed by atoms with Crippen molar-refractivity contribution in [3.8, 4) is 0 Å². The zero-order chi connectivity index (χ0) is 18.7. The number of nitrogens with two attached hydrogens (primary N) is 1. The van der Waals surface area contributed by atoms with Gasteiger partial charge >= 0.3 is 11.9 Å². The van der Waals surface area contributed by atoms with Crippen LogP contribution in [0.15, 0.2) is 23.1 Å². The second-order valence-corrected chi connectivity index (χ2v) is 7.08. The van der Waals surface area contributed by atoms with Crippen molar-refractivity contribution in [3.63, 3.8) is 0 Å². The molecule has 6 heteroatoms. The molecule has 5 nitrogen and oxygen atoms in total. The van der Waals surface area contributed by atoms with Crippen LogP contribution in [0.2, 0.25) is 0 Å². The second kappa shape index (κ2) is 11.8. The number of nitrogen functional groups attached to an aromatic ring is 1. The lowest BCUT2D eigenvalue weighted by Crippen LogP contribution is -2.14. The molecule has 1 aromatic rings. The number of carbonyl (C=O) groups excluding carboxylic acids is 2. The monoisotopic (exact) mass is 367 g/mol. The lowest BCUT2D eigenvalue weighted by molar-refractivity contribution is -0.144. The maximum Gasteiger partial charge on any atom is 0.337 e. The third kappa shape index (κ3) is 7.82. The Morgan fingerprint density at radius 2 is 2.04 bits per heavy atom. The fourth-order valence-corrected chi connectivity index (χ4v) is 3.23. The first-order valence-corrected chi connectivity index (χ1v) is 9.76. The van der Waals surface area contributed by atoms with Crippen molar-refractivity contribution in [2.75, 3.05) is 25.2 Å². The smallest absolute Gasteiger partial charge is 0.337 e. The summed E-state index contributed by atoms with van der Waals surface area (Å²) in [7, 11) is 1.33. The normalized spacial score (nSPS) is 11.8. The number of benzene rings is 1. The van der Waals surface area contributed by atoms with Crippen LogP contribution in [-0.2, 0) is 14.3 Å². The Morgan fingerprint density at radius 1 is 1.28 bits per heavy atom. The molecule has 25 heavy (non-hydrogen) atoms. The molecule has 0 aliphatic carbocycles. The van der Waals surface area contributed by atoms with E-state index in [1.807, 2.05) is 0 Å². The zero-order valence-electron chi connectivity index (χ0n) is 15.4. The number of rotatable bonds is 11. The van der Waals surface area contributed by atoms with Crippen LogP contribution >= 0.6 is 11.8 Å². The average molecular weight is 368 g/mol. The molecular weight excluding hydrogens is 338 g/mol. The van der Waals surface area contributed by atoms with E-state index in [0.29, 0.717) is 35.9 Å². The Kier molecular flexibility index (Phi) is 10.1. The molecule has 0 aliphatic heterocycles. The minimum Gasteiger partial charge on any atom is -0.465 e.